The Balaban J connectivity index is 1.29. The van der Waals surface area contributed by atoms with Gasteiger partial charge in [-0.3, -0.25) is 14.2 Å². The number of hydrogen-bond donors (Lipinski definition) is 2. The highest BCUT2D eigenvalue weighted by Crippen LogP contribution is 2.24. The number of rotatable bonds is 10. The number of amides is 2. The number of thioether (sulfide) groups is 1. The van der Waals surface area contributed by atoms with Crippen molar-refractivity contribution in [3.63, 3.8) is 0 Å². The first-order valence-corrected chi connectivity index (χ1v) is 15.8. The lowest BCUT2D eigenvalue weighted by molar-refractivity contribution is -0.113. The van der Waals surface area contributed by atoms with Gasteiger partial charge in [0.25, 0.3) is 5.91 Å². The molecule has 4 aromatic rings. The number of carbonyl (C=O) groups excluding carboxylic acids is 2. The molecule has 0 radical (unpaired) electrons. The van der Waals surface area contributed by atoms with Gasteiger partial charge >= 0.3 is 0 Å². The number of aryl methyl sites for hydroxylation is 1. The molecule has 2 N–H and O–H groups in total. The normalized spacial score (nSPS) is 13.8. The molecule has 0 bridgehead atoms. The van der Waals surface area contributed by atoms with Crippen LogP contribution < -0.4 is 10.6 Å². The highest BCUT2D eigenvalue weighted by atomic mass is 32.2. The number of nitrogens with zero attached hydrogens (tertiary/aromatic N) is 5. The van der Waals surface area contributed by atoms with E-state index in [0.717, 1.165) is 24.1 Å². The van der Waals surface area contributed by atoms with Crippen molar-refractivity contribution in [3.05, 3.63) is 77.1 Å². The van der Waals surface area contributed by atoms with Gasteiger partial charge in [0.2, 0.25) is 15.9 Å². The van der Waals surface area contributed by atoms with Gasteiger partial charge in [-0.1, -0.05) is 23.9 Å². The van der Waals surface area contributed by atoms with Crippen LogP contribution in [0.5, 0.6) is 0 Å². The van der Waals surface area contributed by atoms with Crippen LogP contribution in [0.1, 0.15) is 34.6 Å². The third-order valence-electron chi connectivity index (χ3n) is 6.20. The van der Waals surface area contributed by atoms with Crippen molar-refractivity contribution in [1.82, 2.24) is 29.4 Å². The van der Waals surface area contributed by atoms with Gasteiger partial charge in [-0.05, 0) is 61.7 Å². The molecular formula is C26H27N7O4S3. The molecule has 11 nitrogen and oxygen atoms in total. The van der Waals surface area contributed by atoms with Crippen molar-refractivity contribution >= 4 is 50.1 Å². The van der Waals surface area contributed by atoms with Crippen molar-refractivity contribution in [2.75, 3.05) is 24.2 Å². The highest BCUT2D eigenvalue weighted by Gasteiger charge is 2.27. The first kappa shape index (κ1) is 28.0. The van der Waals surface area contributed by atoms with E-state index in [4.69, 9.17) is 0 Å². The van der Waals surface area contributed by atoms with Crippen molar-refractivity contribution in [2.24, 2.45) is 0 Å². The van der Waals surface area contributed by atoms with Crippen LogP contribution in [0.25, 0.3) is 5.69 Å². The van der Waals surface area contributed by atoms with E-state index in [9.17, 15) is 18.0 Å². The van der Waals surface area contributed by atoms with E-state index in [-0.39, 0.29) is 29.0 Å². The molecule has 5 rings (SSSR count). The first-order valence-electron chi connectivity index (χ1n) is 12.5. The van der Waals surface area contributed by atoms with Crippen LogP contribution in [0.15, 0.2) is 70.2 Å². The summed E-state index contributed by atoms with van der Waals surface area (Å²) < 4.78 is 28.8. The summed E-state index contributed by atoms with van der Waals surface area (Å²) in [5.74, 6) is -0.0116. The lowest BCUT2D eigenvalue weighted by Crippen LogP contribution is -2.28. The van der Waals surface area contributed by atoms with Gasteiger partial charge in [-0.15, -0.1) is 21.5 Å². The lowest BCUT2D eigenvalue weighted by Gasteiger charge is -2.15. The molecule has 2 amide bonds. The van der Waals surface area contributed by atoms with Crippen LogP contribution >= 0.6 is 23.1 Å². The van der Waals surface area contributed by atoms with Crippen LogP contribution in [0.3, 0.4) is 0 Å². The molecule has 0 atom stereocenters. The summed E-state index contributed by atoms with van der Waals surface area (Å²) in [6.07, 6.45) is 3.33. The fourth-order valence-corrected chi connectivity index (χ4v) is 7.06. The average Bonchev–Trinajstić information content (AvgIpc) is 3.73. The van der Waals surface area contributed by atoms with E-state index in [1.165, 1.54) is 51.7 Å². The second-order valence-electron chi connectivity index (χ2n) is 9.07. The summed E-state index contributed by atoms with van der Waals surface area (Å²) >= 11 is 2.56. The molecule has 0 unspecified atom stereocenters. The van der Waals surface area contributed by atoms with E-state index in [1.54, 1.807) is 16.1 Å². The smallest absolute Gasteiger partial charge is 0.251 e. The molecule has 40 heavy (non-hydrogen) atoms. The maximum absolute atomic E-state index is 12.9. The summed E-state index contributed by atoms with van der Waals surface area (Å²) in [5, 5.41) is 17.0. The number of anilines is 1. The van der Waals surface area contributed by atoms with Gasteiger partial charge < -0.3 is 10.6 Å². The van der Waals surface area contributed by atoms with E-state index in [0.29, 0.717) is 34.8 Å². The molecule has 1 saturated heterocycles. The quantitative estimate of drug-likeness (QED) is 0.265. The topological polar surface area (TPSA) is 139 Å². The molecular weight excluding hydrogens is 571 g/mol. The number of carbonyl (C=O) groups is 2. The SMILES string of the molecule is Cc1cccc(-n2c(CNC(=O)c3ccc(S(=O)(=O)N4CCCC4)cc3)nnc2SCC(=O)Nc2nccs2)c1. The van der Waals surface area contributed by atoms with Gasteiger partial charge in [0.15, 0.2) is 16.1 Å². The van der Waals surface area contributed by atoms with Crippen LogP contribution in [-0.4, -0.2) is 63.1 Å². The maximum Gasteiger partial charge on any atom is 0.251 e. The summed E-state index contributed by atoms with van der Waals surface area (Å²) in [4.78, 5) is 29.6. The number of aromatic nitrogens is 4. The largest absolute Gasteiger partial charge is 0.345 e. The van der Waals surface area contributed by atoms with Gasteiger partial charge in [0.1, 0.15) is 0 Å². The molecule has 1 aliphatic heterocycles. The summed E-state index contributed by atoms with van der Waals surface area (Å²) in [6.45, 7) is 3.07. The molecule has 14 heteroatoms. The number of thiazole rings is 1. The first-order chi connectivity index (χ1) is 19.3. The van der Waals surface area contributed by atoms with E-state index < -0.39 is 10.0 Å². The Labute approximate surface area is 240 Å². The minimum atomic E-state index is -3.55. The highest BCUT2D eigenvalue weighted by molar-refractivity contribution is 7.99. The molecule has 208 valence electrons. The van der Waals surface area contributed by atoms with Gasteiger partial charge in [-0.2, -0.15) is 4.31 Å². The fourth-order valence-electron chi connectivity index (χ4n) is 4.22. The van der Waals surface area contributed by atoms with E-state index in [1.807, 2.05) is 31.2 Å². The van der Waals surface area contributed by atoms with Crippen molar-refractivity contribution in [3.8, 4) is 5.69 Å². The molecule has 0 saturated carbocycles. The number of hydrogen-bond acceptors (Lipinski definition) is 9. The lowest BCUT2D eigenvalue weighted by atomic mass is 10.2. The molecule has 0 spiro atoms. The number of sulfonamides is 1. The van der Waals surface area contributed by atoms with Crippen molar-refractivity contribution in [1.29, 1.82) is 0 Å². The summed E-state index contributed by atoms with van der Waals surface area (Å²) in [7, 11) is -3.55. The minimum Gasteiger partial charge on any atom is -0.345 e. The maximum atomic E-state index is 12.9. The van der Waals surface area contributed by atoms with Gasteiger partial charge in [0.05, 0.1) is 17.2 Å². The number of nitrogens with one attached hydrogen (secondary N) is 2. The average molecular weight is 598 g/mol. The molecule has 0 aliphatic carbocycles. The molecule has 3 heterocycles. The van der Waals surface area contributed by atoms with Crippen LogP contribution in [0.2, 0.25) is 0 Å². The summed E-state index contributed by atoms with van der Waals surface area (Å²) in [6, 6.07) is 13.7. The Morgan fingerprint density at radius 2 is 1.85 bits per heavy atom. The van der Waals surface area contributed by atoms with Gasteiger partial charge in [-0.25, -0.2) is 13.4 Å². The van der Waals surface area contributed by atoms with Crippen LogP contribution in [-0.2, 0) is 21.4 Å². The second kappa shape index (κ2) is 12.3. The monoisotopic (exact) mass is 597 g/mol. The second-order valence-corrected chi connectivity index (χ2v) is 12.8. The molecule has 1 fully saturated rings. The van der Waals surface area contributed by atoms with Crippen LogP contribution in [0.4, 0.5) is 5.13 Å². The predicted octanol–water partition coefficient (Wildman–Crippen LogP) is 3.48. The molecule has 2 aromatic carbocycles. The third kappa shape index (κ3) is 6.41. The van der Waals surface area contributed by atoms with Crippen molar-refractivity contribution < 1.29 is 18.0 Å². The van der Waals surface area contributed by atoms with Crippen molar-refractivity contribution in [2.45, 2.75) is 36.4 Å². The standard InChI is InChI=1S/C26H27N7O4S3/c1-18-5-4-6-20(15-18)33-22(30-31-26(33)39-17-23(34)29-25-27-11-14-38-25)16-28-24(35)19-7-9-21(10-8-19)40(36,37)32-12-2-3-13-32/h4-11,14-15H,2-3,12-13,16-17H2,1H3,(H,28,35)(H,27,29,34). The molecule has 2 aromatic heterocycles. The van der Waals surface area contributed by atoms with Crippen LogP contribution in [0, 0.1) is 6.92 Å². The Hall–Kier alpha value is -3.59. The Bertz CT molecular complexity index is 1600. The minimum absolute atomic E-state index is 0.0689. The zero-order chi connectivity index (χ0) is 28.1. The summed E-state index contributed by atoms with van der Waals surface area (Å²) in [5.41, 5.74) is 2.16. The fraction of sp³-hybridized carbons (Fsp3) is 0.269. The zero-order valence-electron chi connectivity index (χ0n) is 21.6. The Morgan fingerprint density at radius 1 is 1.07 bits per heavy atom. The number of benzene rings is 2. The third-order valence-corrected chi connectivity index (χ3v) is 9.73. The van der Waals surface area contributed by atoms with Gasteiger partial charge in [0, 0.05) is 35.9 Å². The molecule has 1 aliphatic rings. The Kier molecular flexibility index (Phi) is 8.59. The van der Waals surface area contributed by atoms with E-state index >= 15 is 0 Å². The predicted molar refractivity (Wildman–Crippen MR) is 153 cm³/mol. The zero-order valence-corrected chi connectivity index (χ0v) is 24.1. The Morgan fingerprint density at radius 3 is 2.55 bits per heavy atom. The van der Waals surface area contributed by atoms with E-state index in [2.05, 4.69) is 25.8 Å².